The first-order valence-corrected chi connectivity index (χ1v) is 9.80. The number of phenolic OH excluding ortho intramolecular Hbond substituents is 1. The lowest BCUT2D eigenvalue weighted by molar-refractivity contribution is -0.114. The largest absolute Gasteiger partial charge is 0.508 e. The highest BCUT2D eigenvalue weighted by molar-refractivity contribution is 5.88. The zero-order valence-electron chi connectivity index (χ0n) is 16.1. The molecule has 2 aromatic heterocycles. The van der Waals surface area contributed by atoms with Crippen LogP contribution < -0.4 is 5.32 Å². The lowest BCUT2D eigenvalue weighted by atomic mass is 9.96. The van der Waals surface area contributed by atoms with E-state index in [9.17, 15) is 14.3 Å². The van der Waals surface area contributed by atoms with Crippen molar-refractivity contribution in [1.82, 2.24) is 25.4 Å². The second-order valence-corrected chi connectivity index (χ2v) is 7.98. The second kappa shape index (κ2) is 6.60. The van der Waals surface area contributed by atoms with Crippen LogP contribution in [0.25, 0.3) is 22.3 Å². The van der Waals surface area contributed by atoms with Gasteiger partial charge in [0.2, 0.25) is 0 Å². The molecule has 3 N–H and O–H groups in total. The van der Waals surface area contributed by atoms with Crippen LogP contribution in [0.3, 0.4) is 0 Å². The molecule has 29 heavy (non-hydrogen) atoms. The predicted molar refractivity (Wildman–Crippen MR) is 106 cm³/mol. The Balaban J connectivity index is 1.69. The van der Waals surface area contributed by atoms with Crippen molar-refractivity contribution in [2.75, 3.05) is 19.6 Å². The summed E-state index contributed by atoms with van der Waals surface area (Å²) in [6.07, 6.45) is 3.09. The van der Waals surface area contributed by atoms with Crippen molar-refractivity contribution in [3.8, 4) is 17.0 Å². The number of benzene rings is 1. The minimum absolute atomic E-state index is 0.0149. The van der Waals surface area contributed by atoms with Gasteiger partial charge in [0.05, 0.1) is 11.7 Å². The van der Waals surface area contributed by atoms with Gasteiger partial charge in [0.15, 0.2) is 5.65 Å². The maximum absolute atomic E-state index is 14.5. The average Bonchev–Trinajstić information content (AvgIpc) is 3.37. The number of aryl methyl sites for hydroxylation is 1. The lowest BCUT2D eigenvalue weighted by Gasteiger charge is -2.40. The van der Waals surface area contributed by atoms with Crippen molar-refractivity contribution >= 4 is 17.3 Å². The number of fused-ring (bicyclic) bond motifs is 1. The van der Waals surface area contributed by atoms with Gasteiger partial charge in [-0.3, -0.25) is 10.00 Å². The fourth-order valence-corrected chi connectivity index (χ4v) is 4.51. The van der Waals surface area contributed by atoms with E-state index in [0.29, 0.717) is 11.3 Å². The van der Waals surface area contributed by atoms with E-state index in [1.165, 1.54) is 12.1 Å². The van der Waals surface area contributed by atoms with Gasteiger partial charge in [-0.25, -0.2) is 9.37 Å². The number of rotatable bonds is 4. The summed E-state index contributed by atoms with van der Waals surface area (Å²) in [4.78, 5) is 19.1. The molecule has 0 amide bonds. The van der Waals surface area contributed by atoms with Gasteiger partial charge in [-0.1, -0.05) is 0 Å². The van der Waals surface area contributed by atoms with Crippen LogP contribution in [-0.2, 0) is 4.79 Å². The van der Waals surface area contributed by atoms with Crippen molar-refractivity contribution in [2.24, 2.45) is 0 Å². The molecule has 1 aliphatic carbocycles. The Morgan fingerprint density at radius 1 is 1.34 bits per heavy atom. The number of phenols is 1. The van der Waals surface area contributed by atoms with Gasteiger partial charge in [0, 0.05) is 47.9 Å². The summed E-state index contributed by atoms with van der Waals surface area (Å²) in [6, 6.07) is 5.30. The van der Waals surface area contributed by atoms with Crippen LogP contribution >= 0.6 is 0 Å². The summed E-state index contributed by atoms with van der Waals surface area (Å²) in [6.45, 7) is 4.36. The fourth-order valence-electron chi connectivity index (χ4n) is 4.51. The Labute approximate surface area is 166 Å². The fraction of sp³-hybridized carbons (Fsp3) is 0.381. The molecule has 3 aromatic rings. The number of aromatic nitrogens is 3. The van der Waals surface area contributed by atoms with E-state index in [4.69, 9.17) is 0 Å². The second-order valence-electron chi connectivity index (χ2n) is 7.98. The number of piperazine rings is 1. The highest BCUT2D eigenvalue weighted by Crippen LogP contribution is 2.47. The van der Waals surface area contributed by atoms with E-state index in [2.05, 4.69) is 25.4 Å². The maximum Gasteiger partial charge on any atom is 0.182 e. The number of carbonyl (C=O) groups excluding carboxylic acids is 1. The highest BCUT2D eigenvalue weighted by Gasteiger charge is 2.51. The van der Waals surface area contributed by atoms with E-state index in [0.717, 1.165) is 61.5 Å². The molecule has 150 valence electrons. The van der Waals surface area contributed by atoms with Crippen molar-refractivity contribution in [3.63, 3.8) is 0 Å². The molecule has 3 heterocycles. The number of hydrogen-bond acceptors (Lipinski definition) is 6. The molecule has 1 spiro atoms. The lowest BCUT2D eigenvalue weighted by Crippen LogP contribution is -2.54. The standard InChI is InChI=1S/C21H22FN5O2/c1-12-19-15(18(10-28)27-7-6-23-11-21(27)4-5-21)9-17(24-20(19)26-25-12)14-3-2-13(29)8-16(14)22/h2-3,8-10,18,23,29H,4-7,11H2,1H3,(H,24,25,26). The summed E-state index contributed by atoms with van der Waals surface area (Å²) in [5.41, 5.74) is 2.73. The normalized spacial score (nSPS) is 19.5. The number of carbonyl (C=O) groups is 1. The summed E-state index contributed by atoms with van der Waals surface area (Å²) in [5, 5.41) is 21.0. The Hall–Kier alpha value is -2.84. The molecule has 7 nitrogen and oxygen atoms in total. The monoisotopic (exact) mass is 395 g/mol. The first-order valence-electron chi connectivity index (χ1n) is 9.80. The number of H-pyrrole nitrogens is 1. The number of hydrogen-bond donors (Lipinski definition) is 3. The molecule has 1 saturated heterocycles. The van der Waals surface area contributed by atoms with Gasteiger partial charge < -0.3 is 15.2 Å². The van der Waals surface area contributed by atoms with Crippen LogP contribution in [0.4, 0.5) is 4.39 Å². The first kappa shape index (κ1) is 18.2. The van der Waals surface area contributed by atoms with E-state index in [1.807, 2.05) is 6.92 Å². The van der Waals surface area contributed by atoms with Crippen molar-refractivity contribution < 1.29 is 14.3 Å². The SMILES string of the molecule is Cc1[nH]nc2nc(-c3ccc(O)cc3F)cc(C(C=O)N3CCNCC34CC4)c12. The zero-order valence-corrected chi connectivity index (χ0v) is 16.1. The van der Waals surface area contributed by atoms with Crippen LogP contribution in [0.1, 0.15) is 30.1 Å². The van der Waals surface area contributed by atoms with Gasteiger partial charge in [-0.05, 0) is 43.5 Å². The van der Waals surface area contributed by atoms with Crippen molar-refractivity contribution in [2.45, 2.75) is 31.3 Å². The van der Waals surface area contributed by atoms with Crippen LogP contribution in [0.5, 0.6) is 5.75 Å². The smallest absolute Gasteiger partial charge is 0.182 e. The van der Waals surface area contributed by atoms with E-state index < -0.39 is 11.9 Å². The molecule has 5 rings (SSSR count). The molecule has 0 bridgehead atoms. The van der Waals surface area contributed by atoms with Gasteiger partial charge in [-0.15, -0.1) is 0 Å². The molecule has 1 unspecified atom stereocenters. The van der Waals surface area contributed by atoms with Gasteiger partial charge in [0.1, 0.15) is 17.9 Å². The van der Waals surface area contributed by atoms with E-state index in [-0.39, 0.29) is 16.9 Å². The maximum atomic E-state index is 14.5. The number of pyridine rings is 1. The molecular weight excluding hydrogens is 373 g/mol. The Bertz CT molecular complexity index is 1110. The molecule has 2 fully saturated rings. The third-order valence-electron chi connectivity index (χ3n) is 6.17. The summed E-state index contributed by atoms with van der Waals surface area (Å²) >= 11 is 0. The Kier molecular flexibility index (Phi) is 4.15. The van der Waals surface area contributed by atoms with E-state index in [1.54, 1.807) is 6.07 Å². The van der Waals surface area contributed by atoms with Crippen LogP contribution in [0, 0.1) is 12.7 Å². The summed E-state index contributed by atoms with van der Waals surface area (Å²) < 4.78 is 14.5. The third kappa shape index (κ3) is 2.90. The Morgan fingerprint density at radius 3 is 2.90 bits per heavy atom. The quantitative estimate of drug-likeness (QED) is 0.588. The average molecular weight is 395 g/mol. The number of nitrogens with zero attached hydrogens (tertiary/aromatic N) is 3. The third-order valence-corrected chi connectivity index (χ3v) is 6.17. The minimum atomic E-state index is -0.571. The number of aromatic hydroxyl groups is 1. The van der Waals surface area contributed by atoms with Crippen LogP contribution in [0.15, 0.2) is 24.3 Å². The molecular formula is C21H22FN5O2. The van der Waals surface area contributed by atoms with Gasteiger partial charge in [0.25, 0.3) is 0 Å². The zero-order chi connectivity index (χ0) is 20.2. The summed E-state index contributed by atoms with van der Waals surface area (Å²) in [7, 11) is 0. The molecule has 1 saturated carbocycles. The molecule has 1 aliphatic heterocycles. The number of aromatic amines is 1. The highest BCUT2D eigenvalue weighted by atomic mass is 19.1. The van der Waals surface area contributed by atoms with Crippen molar-refractivity contribution in [3.05, 3.63) is 41.3 Å². The van der Waals surface area contributed by atoms with Crippen molar-refractivity contribution in [1.29, 1.82) is 0 Å². The molecule has 2 aliphatic rings. The van der Waals surface area contributed by atoms with E-state index >= 15 is 0 Å². The van der Waals surface area contributed by atoms with Crippen LogP contribution in [0.2, 0.25) is 0 Å². The topological polar surface area (TPSA) is 94.1 Å². The number of aldehydes is 1. The predicted octanol–water partition coefficient (Wildman–Crippen LogP) is 2.46. The van der Waals surface area contributed by atoms with Crippen LogP contribution in [-0.4, -0.2) is 56.6 Å². The van der Waals surface area contributed by atoms with Gasteiger partial charge >= 0.3 is 0 Å². The number of halogens is 1. The Morgan fingerprint density at radius 2 is 2.17 bits per heavy atom. The first-order chi connectivity index (χ1) is 14.0. The summed E-state index contributed by atoms with van der Waals surface area (Å²) in [5.74, 6) is -0.719. The van der Waals surface area contributed by atoms with Gasteiger partial charge in [-0.2, -0.15) is 5.10 Å². The minimum Gasteiger partial charge on any atom is -0.508 e. The molecule has 1 atom stereocenters. The molecule has 0 radical (unpaired) electrons. The number of nitrogens with one attached hydrogen (secondary N) is 2. The molecule has 8 heteroatoms. The molecule has 1 aromatic carbocycles.